The highest BCUT2D eigenvalue weighted by Gasteiger charge is 2.28. The maximum absolute atomic E-state index is 11.8. The van der Waals surface area contributed by atoms with Gasteiger partial charge in [-0.05, 0) is 31.6 Å². The molecular formula is C15H23N3O4. The zero-order chi connectivity index (χ0) is 16.1. The van der Waals surface area contributed by atoms with E-state index in [0.29, 0.717) is 31.1 Å². The van der Waals surface area contributed by atoms with E-state index in [1.165, 1.54) is 0 Å². The van der Waals surface area contributed by atoms with Gasteiger partial charge in [0.15, 0.2) is 5.82 Å². The summed E-state index contributed by atoms with van der Waals surface area (Å²) in [5.74, 6) is 0.728. The fourth-order valence-electron chi connectivity index (χ4n) is 2.24. The van der Waals surface area contributed by atoms with E-state index in [1.54, 1.807) is 0 Å². The molecule has 1 heterocycles. The van der Waals surface area contributed by atoms with Crippen molar-refractivity contribution >= 4 is 11.9 Å². The van der Waals surface area contributed by atoms with E-state index in [1.807, 2.05) is 13.8 Å². The average molecular weight is 309 g/mol. The van der Waals surface area contributed by atoms with Gasteiger partial charge in [0.2, 0.25) is 11.8 Å². The molecule has 1 aliphatic carbocycles. The van der Waals surface area contributed by atoms with Gasteiger partial charge in [-0.25, -0.2) is 4.79 Å². The first-order valence-electron chi connectivity index (χ1n) is 7.80. The van der Waals surface area contributed by atoms with Crippen molar-refractivity contribution < 1.29 is 19.2 Å². The van der Waals surface area contributed by atoms with Crippen molar-refractivity contribution in [1.29, 1.82) is 0 Å². The third-order valence-electron chi connectivity index (χ3n) is 3.56. The summed E-state index contributed by atoms with van der Waals surface area (Å²) in [7, 11) is 0. The number of hydrogen-bond acceptors (Lipinski definition) is 5. The maximum atomic E-state index is 11.8. The van der Waals surface area contributed by atoms with Crippen molar-refractivity contribution in [3.8, 4) is 0 Å². The lowest BCUT2D eigenvalue weighted by Crippen LogP contribution is -2.41. The first-order chi connectivity index (χ1) is 10.5. The summed E-state index contributed by atoms with van der Waals surface area (Å²) >= 11 is 0. The molecule has 0 radical (unpaired) electrons. The lowest BCUT2D eigenvalue weighted by Gasteiger charge is -2.16. The highest BCUT2D eigenvalue weighted by Crippen LogP contribution is 2.38. The highest BCUT2D eigenvalue weighted by molar-refractivity contribution is 5.83. The van der Waals surface area contributed by atoms with Crippen molar-refractivity contribution in [3.63, 3.8) is 0 Å². The van der Waals surface area contributed by atoms with Crippen LogP contribution in [0.1, 0.15) is 63.6 Å². The van der Waals surface area contributed by atoms with E-state index in [-0.39, 0.29) is 18.2 Å². The zero-order valence-corrected chi connectivity index (χ0v) is 13.0. The quantitative estimate of drug-likeness (QED) is 0.721. The van der Waals surface area contributed by atoms with Crippen LogP contribution in [0, 0.1) is 5.92 Å². The van der Waals surface area contributed by atoms with E-state index in [2.05, 4.69) is 15.5 Å². The van der Waals surface area contributed by atoms with Crippen LogP contribution in [-0.4, -0.2) is 33.2 Å². The lowest BCUT2D eigenvalue weighted by molar-refractivity contribution is -0.142. The molecule has 0 aliphatic heterocycles. The number of rotatable bonds is 9. The molecule has 122 valence electrons. The summed E-state index contributed by atoms with van der Waals surface area (Å²) in [6.45, 7) is 3.85. The molecule has 2 N–H and O–H groups in total. The van der Waals surface area contributed by atoms with Gasteiger partial charge in [0.05, 0.1) is 0 Å². The largest absolute Gasteiger partial charge is 0.480 e. The molecule has 1 amide bonds. The van der Waals surface area contributed by atoms with Crippen molar-refractivity contribution in [2.45, 2.75) is 64.3 Å². The second-order valence-electron chi connectivity index (χ2n) is 6.26. The van der Waals surface area contributed by atoms with Crippen LogP contribution < -0.4 is 5.32 Å². The van der Waals surface area contributed by atoms with Gasteiger partial charge in [0, 0.05) is 18.8 Å². The van der Waals surface area contributed by atoms with Crippen LogP contribution >= 0.6 is 0 Å². The first kappa shape index (κ1) is 16.5. The number of hydrogen-bond donors (Lipinski definition) is 2. The van der Waals surface area contributed by atoms with E-state index in [4.69, 9.17) is 9.63 Å². The number of carboxylic acids is 1. The Morgan fingerprint density at radius 1 is 1.41 bits per heavy atom. The summed E-state index contributed by atoms with van der Waals surface area (Å²) in [6.07, 6.45) is 4.02. The number of carbonyl (C=O) groups excluding carboxylic acids is 1. The Morgan fingerprint density at radius 2 is 2.14 bits per heavy atom. The number of aliphatic carboxylic acids is 1. The molecule has 1 aliphatic rings. The minimum absolute atomic E-state index is 0.209. The molecule has 7 nitrogen and oxygen atoms in total. The standard InChI is InChI=1S/C15H23N3O4/c1-9(2)8-11(15(20)21)16-12(19)4-3-5-13-17-14(18-22-13)10-6-7-10/h9-11H,3-8H2,1-2H3,(H,16,19)(H,20,21). The van der Waals surface area contributed by atoms with Gasteiger partial charge in [-0.3, -0.25) is 4.79 Å². The number of nitrogens with one attached hydrogen (secondary N) is 1. The fraction of sp³-hybridized carbons (Fsp3) is 0.733. The summed E-state index contributed by atoms with van der Waals surface area (Å²) in [4.78, 5) is 27.2. The Labute approximate surface area is 129 Å². The van der Waals surface area contributed by atoms with Crippen molar-refractivity contribution in [2.24, 2.45) is 5.92 Å². The van der Waals surface area contributed by atoms with Gasteiger partial charge in [-0.15, -0.1) is 0 Å². The van der Waals surface area contributed by atoms with Crippen LogP contribution in [0.3, 0.4) is 0 Å². The van der Waals surface area contributed by atoms with Crippen LogP contribution in [0.4, 0.5) is 0 Å². The molecule has 1 aromatic rings. The smallest absolute Gasteiger partial charge is 0.326 e. The summed E-state index contributed by atoms with van der Waals surface area (Å²) in [6, 6.07) is -0.822. The molecular weight excluding hydrogens is 286 g/mol. The molecule has 7 heteroatoms. The molecule has 1 aromatic heterocycles. The second-order valence-corrected chi connectivity index (χ2v) is 6.26. The first-order valence-corrected chi connectivity index (χ1v) is 7.80. The van der Waals surface area contributed by atoms with Crippen LogP contribution in [-0.2, 0) is 16.0 Å². The van der Waals surface area contributed by atoms with Crippen LogP contribution in [0.2, 0.25) is 0 Å². The molecule has 1 atom stereocenters. The fourth-order valence-corrected chi connectivity index (χ4v) is 2.24. The van der Waals surface area contributed by atoms with Crippen LogP contribution in [0.5, 0.6) is 0 Å². The predicted octanol–water partition coefficient (Wildman–Crippen LogP) is 1.89. The number of aromatic nitrogens is 2. The Bertz CT molecular complexity index is 523. The van der Waals surface area contributed by atoms with E-state index in [0.717, 1.165) is 18.7 Å². The number of amides is 1. The lowest BCUT2D eigenvalue weighted by atomic mass is 10.0. The molecule has 1 saturated carbocycles. The van der Waals surface area contributed by atoms with Gasteiger partial charge in [-0.2, -0.15) is 4.98 Å². The minimum Gasteiger partial charge on any atom is -0.480 e. The second kappa shape index (κ2) is 7.38. The third-order valence-corrected chi connectivity index (χ3v) is 3.56. The van der Waals surface area contributed by atoms with Gasteiger partial charge < -0.3 is 14.9 Å². The van der Waals surface area contributed by atoms with Gasteiger partial charge in [-0.1, -0.05) is 19.0 Å². The van der Waals surface area contributed by atoms with Crippen molar-refractivity contribution in [2.75, 3.05) is 0 Å². The normalized spacial score (nSPS) is 15.8. The maximum Gasteiger partial charge on any atom is 0.326 e. The Morgan fingerprint density at radius 3 is 2.73 bits per heavy atom. The molecule has 0 aromatic carbocycles. The zero-order valence-electron chi connectivity index (χ0n) is 13.0. The Kier molecular flexibility index (Phi) is 5.51. The van der Waals surface area contributed by atoms with E-state index < -0.39 is 12.0 Å². The van der Waals surface area contributed by atoms with Crippen LogP contribution in [0.15, 0.2) is 4.52 Å². The minimum atomic E-state index is -0.993. The van der Waals surface area contributed by atoms with Gasteiger partial charge >= 0.3 is 5.97 Å². The predicted molar refractivity (Wildman–Crippen MR) is 78.2 cm³/mol. The molecule has 0 spiro atoms. The summed E-state index contributed by atoms with van der Waals surface area (Å²) < 4.78 is 5.13. The molecule has 22 heavy (non-hydrogen) atoms. The van der Waals surface area contributed by atoms with Crippen LogP contribution in [0.25, 0.3) is 0 Å². The Balaban J connectivity index is 1.70. The van der Waals surface area contributed by atoms with Crippen molar-refractivity contribution in [3.05, 3.63) is 11.7 Å². The molecule has 2 rings (SSSR count). The van der Waals surface area contributed by atoms with Gasteiger partial charge in [0.25, 0.3) is 0 Å². The van der Waals surface area contributed by atoms with E-state index >= 15 is 0 Å². The number of carbonyl (C=O) groups is 2. The summed E-state index contributed by atoms with van der Waals surface area (Å²) in [5, 5.41) is 15.6. The number of aryl methyl sites for hydroxylation is 1. The van der Waals surface area contributed by atoms with Gasteiger partial charge in [0.1, 0.15) is 6.04 Å². The number of carboxylic acid groups (broad SMARTS) is 1. The topological polar surface area (TPSA) is 105 Å². The SMILES string of the molecule is CC(C)CC(NC(=O)CCCc1nc(C2CC2)no1)C(=O)O. The highest BCUT2D eigenvalue weighted by atomic mass is 16.5. The molecule has 1 fully saturated rings. The monoisotopic (exact) mass is 309 g/mol. The number of nitrogens with zero attached hydrogens (tertiary/aromatic N) is 2. The molecule has 0 bridgehead atoms. The Hall–Kier alpha value is -1.92. The van der Waals surface area contributed by atoms with E-state index in [9.17, 15) is 9.59 Å². The molecule has 0 saturated heterocycles. The van der Waals surface area contributed by atoms with Crippen molar-refractivity contribution in [1.82, 2.24) is 15.5 Å². The average Bonchev–Trinajstić information content (AvgIpc) is 3.18. The molecule has 1 unspecified atom stereocenters. The summed E-state index contributed by atoms with van der Waals surface area (Å²) in [5.41, 5.74) is 0. The third kappa shape index (κ3) is 5.13.